The highest BCUT2D eigenvalue weighted by atomic mass is 35.5. The summed E-state index contributed by atoms with van der Waals surface area (Å²) in [7, 11) is 1.83. The first kappa shape index (κ1) is 14.1. The molecular formula is C14H18ClN3O. The van der Waals surface area contributed by atoms with Crippen molar-refractivity contribution in [3.63, 3.8) is 0 Å². The molecule has 0 radical (unpaired) electrons. The molecule has 0 saturated carbocycles. The van der Waals surface area contributed by atoms with Crippen LogP contribution in [0, 0.1) is 0 Å². The number of benzene rings is 1. The minimum absolute atomic E-state index is 0.434. The molecular weight excluding hydrogens is 262 g/mol. The van der Waals surface area contributed by atoms with Gasteiger partial charge in [0.1, 0.15) is 5.60 Å². The average molecular weight is 280 g/mol. The Labute approximate surface area is 118 Å². The molecule has 0 saturated heterocycles. The van der Waals surface area contributed by atoms with Crippen molar-refractivity contribution in [2.45, 2.75) is 19.1 Å². The van der Waals surface area contributed by atoms with E-state index in [1.54, 1.807) is 17.8 Å². The molecule has 0 aliphatic heterocycles. The number of rotatable bonds is 5. The van der Waals surface area contributed by atoms with Crippen LogP contribution in [0.3, 0.4) is 0 Å². The van der Waals surface area contributed by atoms with E-state index < -0.39 is 5.60 Å². The lowest BCUT2D eigenvalue weighted by Gasteiger charge is -2.22. The highest BCUT2D eigenvalue weighted by Crippen LogP contribution is 2.19. The predicted octanol–water partition coefficient (Wildman–Crippen LogP) is 2.07. The van der Waals surface area contributed by atoms with Crippen LogP contribution in [0.4, 0.5) is 0 Å². The summed E-state index contributed by atoms with van der Waals surface area (Å²) in [5.74, 6) is 0. The molecule has 0 aliphatic carbocycles. The summed E-state index contributed by atoms with van der Waals surface area (Å²) in [5.41, 5.74) is 0.864. The second-order valence-electron chi connectivity index (χ2n) is 4.87. The number of halogens is 1. The predicted molar refractivity (Wildman–Crippen MR) is 75.9 cm³/mol. The second kappa shape index (κ2) is 5.74. The molecule has 0 spiro atoms. The van der Waals surface area contributed by atoms with Crippen LogP contribution in [0.2, 0.25) is 5.02 Å². The maximum absolute atomic E-state index is 10.4. The number of hydrogen-bond donors (Lipinski definition) is 2. The van der Waals surface area contributed by atoms with Crippen molar-refractivity contribution >= 4 is 11.6 Å². The smallest absolute Gasteiger partial charge is 0.102 e. The molecule has 0 amide bonds. The van der Waals surface area contributed by atoms with E-state index in [4.69, 9.17) is 11.6 Å². The Balaban J connectivity index is 1.94. The first-order valence-electron chi connectivity index (χ1n) is 6.15. The fourth-order valence-corrected chi connectivity index (χ4v) is 2.09. The SMILES string of the molecule is Cn1cc(C(C)(O)CNCc2ccccc2Cl)cn1. The quantitative estimate of drug-likeness (QED) is 0.881. The summed E-state index contributed by atoms with van der Waals surface area (Å²) in [6.45, 7) is 2.82. The molecule has 0 fully saturated rings. The summed E-state index contributed by atoms with van der Waals surface area (Å²) < 4.78 is 1.68. The van der Waals surface area contributed by atoms with Gasteiger partial charge in [-0.25, -0.2) is 0 Å². The zero-order valence-corrected chi connectivity index (χ0v) is 11.9. The number of aromatic nitrogens is 2. The first-order chi connectivity index (χ1) is 8.99. The zero-order valence-electron chi connectivity index (χ0n) is 11.1. The first-order valence-corrected chi connectivity index (χ1v) is 6.52. The molecule has 1 unspecified atom stereocenters. The fraction of sp³-hybridized carbons (Fsp3) is 0.357. The van der Waals surface area contributed by atoms with E-state index in [0.29, 0.717) is 13.1 Å². The van der Waals surface area contributed by atoms with Gasteiger partial charge in [0.25, 0.3) is 0 Å². The minimum Gasteiger partial charge on any atom is -0.384 e. The number of aliphatic hydroxyl groups is 1. The van der Waals surface area contributed by atoms with Crippen molar-refractivity contribution in [3.05, 3.63) is 52.8 Å². The van der Waals surface area contributed by atoms with Gasteiger partial charge in [-0.1, -0.05) is 29.8 Å². The lowest BCUT2D eigenvalue weighted by molar-refractivity contribution is 0.0566. The van der Waals surface area contributed by atoms with Gasteiger partial charge in [-0.15, -0.1) is 0 Å². The van der Waals surface area contributed by atoms with Crippen molar-refractivity contribution in [1.82, 2.24) is 15.1 Å². The summed E-state index contributed by atoms with van der Waals surface area (Å²) >= 11 is 6.08. The fourth-order valence-electron chi connectivity index (χ4n) is 1.88. The molecule has 5 heteroatoms. The molecule has 102 valence electrons. The molecule has 19 heavy (non-hydrogen) atoms. The van der Waals surface area contributed by atoms with Crippen LogP contribution < -0.4 is 5.32 Å². The number of hydrogen-bond acceptors (Lipinski definition) is 3. The van der Waals surface area contributed by atoms with Gasteiger partial charge in [0.15, 0.2) is 0 Å². The molecule has 0 bridgehead atoms. The normalized spacial score (nSPS) is 14.3. The van der Waals surface area contributed by atoms with Crippen molar-refractivity contribution in [2.24, 2.45) is 7.05 Å². The highest BCUT2D eigenvalue weighted by molar-refractivity contribution is 6.31. The second-order valence-corrected chi connectivity index (χ2v) is 5.28. The molecule has 1 aromatic carbocycles. The topological polar surface area (TPSA) is 50.1 Å². The Bertz CT molecular complexity index is 551. The number of nitrogens with zero attached hydrogens (tertiary/aromatic N) is 2. The Kier molecular flexibility index (Phi) is 4.24. The Hall–Kier alpha value is -1.36. The van der Waals surface area contributed by atoms with E-state index in [1.165, 1.54) is 0 Å². The van der Waals surface area contributed by atoms with Gasteiger partial charge in [0, 0.05) is 36.9 Å². The minimum atomic E-state index is -0.949. The van der Waals surface area contributed by atoms with E-state index in [1.807, 2.05) is 37.5 Å². The van der Waals surface area contributed by atoms with Gasteiger partial charge in [-0.05, 0) is 18.6 Å². The third kappa shape index (κ3) is 3.56. The molecule has 0 aliphatic rings. The Morgan fingerprint density at radius 3 is 2.79 bits per heavy atom. The summed E-state index contributed by atoms with van der Waals surface area (Å²) in [6, 6.07) is 7.67. The van der Waals surface area contributed by atoms with Crippen LogP contribution in [-0.2, 0) is 19.2 Å². The van der Waals surface area contributed by atoms with Crippen molar-refractivity contribution < 1.29 is 5.11 Å². The van der Waals surface area contributed by atoms with E-state index in [2.05, 4.69) is 10.4 Å². The average Bonchev–Trinajstić information content (AvgIpc) is 2.79. The van der Waals surface area contributed by atoms with Crippen LogP contribution in [0.1, 0.15) is 18.1 Å². The summed E-state index contributed by atoms with van der Waals surface area (Å²) in [5, 5.41) is 18.4. The monoisotopic (exact) mass is 279 g/mol. The lowest BCUT2D eigenvalue weighted by Crippen LogP contribution is -2.34. The largest absolute Gasteiger partial charge is 0.384 e. The maximum Gasteiger partial charge on any atom is 0.102 e. The molecule has 2 aromatic rings. The standard InChI is InChI=1S/C14H18ClN3O/c1-14(19,12-8-17-18(2)9-12)10-16-7-11-5-3-4-6-13(11)15/h3-6,8-9,16,19H,7,10H2,1-2H3. The molecule has 1 aromatic heterocycles. The van der Waals surface area contributed by atoms with Crippen LogP contribution in [0.5, 0.6) is 0 Å². The van der Waals surface area contributed by atoms with Gasteiger partial charge >= 0.3 is 0 Å². The third-order valence-electron chi connectivity index (χ3n) is 3.07. The molecule has 4 nitrogen and oxygen atoms in total. The van der Waals surface area contributed by atoms with E-state index >= 15 is 0 Å². The highest BCUT2D eigenvalue weighted by Gasteiger charge is 2.24. The molecule has 1 atom stereocenters. The van der Waals surface area contributed by atoms with Gasteiger partial charge in [-0.2, -0.15) is 5.10 Å². The Morgan fingerprint density at radius 1 is 1.42 bits per heavy atom. The van der Waals surface area contributed by atoms with Crippen molar-refractivity contribution in [2.75, 3.05) is 6.54 Å². The van der Waals surface area contributed by atoms with Crippen LogP contribution in [0.25, 0.3) is 0 Å². The Morgan fingerprint density at radius 2 is 2.16 bits per heavy atom. The number of nitrogens with one attached hydrogen (secondary N) is 1. The van der Waals surface area contributed by atoms with Gasteiger partial charge in [0.2, 0.25) is 0 Å². The molecule has 1 heterocycles. The summed E-state index contributed by atoms with van der Waals surface area (Å²) in [6.07, 6.45) is 3.49. The van der Waals surface area contributed by atoms with E-state index in [9.17, 15) is 5.11 Å². The van der Waals surface area contributed by atoms with E-state index in [-0.39, 0.29) is 0 Å². The van der Waals surface area contributed by atoms with E-state index in [0.717, 1.165) is 16.1 Å². The third-order valence-corrected chi connectivity index (χ3v) is 3.44. The van der Waals surface area contributed by atoms with Crippen LogP contribution in [-0.4, -0.2) is 21.4 Å². The number of aryl methyl sites for hydroxylation is 1. The summed E-state index contributed by atoms with van der Waals surface area (Å²) in [4.78, 5) is 0. The van der Waals surface area contributed by atoms with Crippen molar-refractivity contribution in [1.29, 1.82) is 0 Å². The van der Waals surface area contributed by atoms with Crippen LogP contribution >= 0.6 is 11.6 Å². The van der Waals surface area contributed by atoms with Crippen molar-refractivity contribution in [3.8, 4) is 0 Å². The lowest BCUT2D eigenvalue weighted by atomic mass is 9.99. The van der Waals surface area contributed by atoms with Crippen LogP contribution in [0.15, 0.2) is 36.7 Å². The van der Waals surface area contributed by atoms with Gasteiger partial charge in [-0.3, -0.25) is 4.68 Å². The maximum atomic E-state index is 10.4. The zero-order chi connectivity index (χ0) is 13.9. The van der Waals surface area contributed by atoms with Gasteiger partial charge in [0.05, 0.1) is 6.20 Å². The molecule has 2 N–H and O–H groups in total. The van der Waals surface area contributed by atoms with Gasteiger partial charge < -0.3 is 10.4 Å². The molecule has 2 rings (SSSR count).